The summed E-state index contributed by atoms with van der Waals surface area (Å²) in [6, 6.07) is 7.97. The number of hydrogen-bond acceptors (Lipinski definition) is 5. The number of amides is 1. The van der Waals surface area contributed by atoms with Crippen LogP contribution in [0, 0.1) is 13.8 Å². The van der Waals surface area contributed by atoms with E-state index in [9.17, 15) is 4.79 Å². The highest BCUT2D eigenvalue weighted by Crippen LogP contribution is 2.21. The van der Waals surface area contributed by atoms with Gasteiger partial charge in [-0.2, -0.15) is 5.10 Å². The normalized spacial score (nSPS) is 12.1. The minimum atomic E-state index is -0.126. The lowest BCUT2D eigenvalue weighted by molar-refractivity contribution is -0.122. The Labute approximate surface area is 145 Å². The second kappa shape index (κ2) is 7.25. The fraction of sp³-hybridized carbons (Fsp3) is 0.353. The summed E-state index contributed by atoms with van der Waals surface area (Å²) in [7, 11) is 0. The number of rotatable bonds is 6. The van der Waals surface area contributed by atoms with Gasteiger partial charge in [0.25, 0.3) is 0 Å². The van der Waals surface area contributed by atoms with Gasteiger partial charge in [-0.15, -0.1) is 5.10 Å². The van der Waals surface area contributed by atoms with Crippen LogP contribution in [0.25, 0.3) is 5.69 Å². The van der Waals surface area contributed by atoms with Gasteiger partial charge >= 0.3 is 0 Å². The molecule has 3 aromatic rings. The molecule has 1 aromatic carbocycles. The van der Waals surface area contributed by atoms with E-state index >= 15 is 0 Å². The Morgan fingerprint density at radius 1 is 1.28 bits per heavy atom. The van der Waals surface area contributed by atoms with Crippen LogP contribution in [-0.2, 0) is 11.3 Å². The third kappa shape index (κ3) is 3.73. The Morgan fingerprint density at radius 3 is 2.80 bits per heavy atom. The predicted octanol–water partition coefficient (Wildman–Crippen LogP) is 1.74. The molecule has 2 heterocycles. The fourth-order valence-electron chi connectivity index (χ4n) is 2.78. The molecule has 25 heavy (non-hydrogen) atoms. The quantitative estimate of drug-likeness (QED) is 0.739. The highest BCUT2D eigenvalue weighted by atomic mass is 16.1. The van der Waals surface area contributed by atoms with Gasteiger partial charge in [-0.1, -0.05) is 18.2 Å². The molecule has 1 unspecified atom stereocenters. The maximum Gasteiger partial charge on any atom is 0.222 e. The van der Waals surface area contributed by atoms with Crippen molar-refractivity contribution in [3.8, 4) is 5.69 Å². The zero-order valence-electron chi connectivity index (χ0n) is 14.5. The molecule has 0 fully saturated rings. The third-order valence-corrected chi connectivity index (χ3v) is 4.19. The Morgan fingerprint density at radius 2 is 2.08 bits per heavy atom. The minimum absolute atomic E-state index is 0.0500. The molecule has 0 spiro atoms. The first kappa shape index (κ1) is 16.8. The van der Waals surface area contributed by atoms with Crippen molar-refractivity contribution in [2.45, 2.75) is 39.8 Å². The van der Waals surface area contributed by atoms with Crippen molar-refractivity contribution in [1.82, 2.24) is 35.3 Å². The van der Waals surface area contributed by atoms with Gasteiger partial charge in [-0.05, 0) is 42.8 Å². The molecule has 0 saturated heterocycles. The molecule has 8 nitrogen and oxygen atoms in total. The number of hydrogen-bond donors (Lipinski definition) is 1. The van der Waals surface area contributed by atoms with Crippen LogP contribution in [-0.4, -0.2) is 35.9 Å². The van der Waals surface area contributed by atoms with Gasteiger partial charge in [0.1, 0.15) is 6.33 Å². The standard InChI is InChI=1S/C17H21N7O/c1-12-6-4-5-7-16(12)24-14(3)15(10-19-24)13(2)20-17(25)8-9-23-11-18-21-22-23/h4-7,10-11,13H,8-9H2,1-3H3,(H,20,25). The lowest BCUT2D eigenvalue weighted by atomic mass is 10.1. The number of tetrazole rings is 1. The van der Waals surface area contributed by atoms with Gasteiger partial charge in [0, 0.05) is 17.7 Å². The van der Waals surface area contributed by atoms with Gasteiger partial charge < -0.3 is 5.32 Å². The summed E-state index contributed by atoms with van der Waals surface area (Å²) in [6.07, 6.45) is 3.63. The second-order valence-corrected chi connectivity index (χ2v) is 6.00. The number of carbonyl (C=O) groups is 1. The predicted molar refractivity (Wildman–Crippen MR) is 92.0 cm³/mol. The van der Waals surface area contributed by atoms with E-state index in [1.165, 1.54) is 11.0 Å². The molecule has 8 heteroatoms. The number of aryl methyl sites for hydroxylation is 2. The Hall–Kier alpha value is -3.03. The van der Waals surface area contributed by atoms with Crippen molar-refractivity contribution >= 4 is 5.91 Å². The molecule has 0 aliphatic rings. The van der Waals surface area contributed by atoms with Crippen molar-refractivity contribution in [3.63, 3.8) is 0 Å². The van der Waals surface area contributed by atoms with Crippen LogP contribution in [0.15, 0.2) is 36.8 Å². The van der Waals surface area contributed by atoms with Crippen molar-refractivity contribution in [1.29, 1.82) is 0 Å². The van der Waals surface area contributed by atoms with Gasteiger partial charge in [0.2, 0.25) is 5.91 Å². The number of nitrogens with one attached hydrogen (secondary N) is 1. The summed E-state index contributed by atoms with van der Waals surface area (Å²) < 4.78 is 3.44. The third-order valence-electron chi connectivity index (χ3n) is 4.19. The van der Waals surface area contributed by atoms with Gasteiger partial charge in [-0.3, -0.25) is 4.79 Å². The molecule has 2 aromatic heterocycles. The van der Waals surface area contributed by atoms with Crippen molar-refractivity contribution in [2.24, 2.45) is 0 Å². The highest BCUT2D eigenvalue weighted by molar-refractivity contribution is 5.76. The summed E-state index contributed by atoms with van der Waals surface area (Å²) in [4.78, 5) is 12.1. The molecule has 0 aliphatic heterocycles. The summed E-state index contributed by atoms with van der Waals surface area (Å²) in [5, 5.41) is 18.3. The van der Waals surface area contributed by atoms with E-state index in [0.29, 0.717) is 13.0 Å². The van der Waals surface area contributed by atoms with Crippen LogP contribution in [0.5, 0.6) is 0 Å². The van der Waals surface area contributed by atoms with Crippen LogP contribution in [0.1, 0.15) is 36.2 Å². The van der Waals surface area contributed by atoms with Crippen molar-refractivity contribution in [3.05, 3.63) is 53.6 Å². The van der Waals surface area contributed by atoms with Crippen LogP contribution in [0.2, 0.25) is 0 Å². The summed E-state index contributed by atoms with van der Waals surface area (Å²) in [5.74, 6) is -0.0500. The highest BCUT2D eigenvalue weighted by Gasteiger charge is 2.17. The van der Waals surface area contributed by atoms with Crippen LogP contribution >= 0.6 is 0 Å². The lowest BCUT2D eigenvalue weighted by Gasteiger charge is -2.14. The molecule has 1 atom stereocenters. The fourth-order valence-corrected chi connectivity index (χ4v) is 2.78. The van der Waals surface area contributed by atoms with Gasteiger partial charge in [0.15, 0.2) is 0 Å². The average Bonchev–Trinajstić information content (AvgIpc) is 3.23. The molecular formula is C17H21N7O. The Kier molecular flexibility index (Phi) is 4.87. The molecular weight excluding hydrogens is 318 g/mol. The number of para-hydroxylation sites is 1. The maximum atomic E-state index is 12.1. The molecule has 130 valence electrons. The first-order valence-electron chi connectivity index (χ1n) is 8.17. The Bertz CT molecular complexity index is 854. The van der Waals surface area contributed by atoms with Crippen LogP contribution < -0.4 is 5.32 Å². The van der Waals surface area contributed by atoms with Crippen LogP contribution in [0.3, 0.4) is 0 Å². The first-order valence-corrected chi connectivity index (χ1v) is 8.17. The summed E-state index contributed by atoms with van der Waals surface area (Å²) in [6.45, 7) is 6.48. The number of benzene rings is 1. The molecule has 0 saturated carbocycles. The molecule has 0 radical (unpaired) electrons. The Balaban J connectivity index is 1.67. The molecule has 0 bridgehead atoms. The van der Waals surface area contributed by atoms with Gasteiger partial charge in [-0.25, -0.2) is 9.36 Å². The molecule has 3 rings (SSSR count). The molecule has 1 amide bonds. The zero-order valence-corrected chi connectivity index (χ0v) is 14.5. The average molecular weight is 339 g/mol. The minimum Gasteiger partial charge on any atom is -0.349 e. The number of aromatic nitrogens is 6. The van der Waals surface area contributed by atoms with E-state index in [-0.39, 0.29) is 11.9 Å². The smallest absolute Gasteiger partial charge is 0.222 e. The van der Waals surface area contributed by atoms with E-state index in [4.69, 9.17) is 0 Å². The molecule has 1 N–H and O–H groups in total. The number of nitrogens with zero attached hydrogens (tertiary/aromatic N) is 6. The SMILES string of the molecule is Cc1ccccc1-n1ncc(C(C)NC(=O)CCn2cnnn2)c1C. The second-order valence-electron chi connectivity index (χ2n) is 6.00. The lowest BCUT2D eigenvalue weighted by Crippen LogP contribution is -2.27. The topological polar surface area (TPSA) is 90.5 Å². The van der Waals surface area contributed by atoms with E-state index < -0.39 is 0 Å². The van der Waals surface area contributed by atoms with E-state index in [2.05, 4.69) is 38.9 Å². The summed E-state index contributed by atoms with van der Waals surface area (Å²) in [5.41, 5.74) is 4.21. The van der Waals surface area contributed by atoms with E-state index in [1.54, 1.807) is 0 Å². The first-order chi connectivity index (χ1) is 12.1. The van der Waals surface area contributed by atoms with Crippen molar-refractivity contribution < 1.29 is 4.79 Å². The number of carbonyl (C=O) groups excluding carboxylic acids is 1. The van der Waals surface area contributed by atoms with E-state index in [1.807, 2.05) is 42.9 Å². The maximum absolute atomic E-state index is 12.1. The van der Waals surface area contributed by atoms with Crippen molar-refractivity contribution in [2.75, 3.05) is 0 Å². The van der Waals surface area contributed by atoms with Crippen LogP contribution in [0.4, 0.5) is 0 Å². The monoisotopic (exact) mass is 339 g/mol. The van der Waals surface area contributed by atoms with Gasteiger partial charge in [0.05, 0.1) is 24.5 Å². The molecule has 0 aliphatic carbocycles. The van der Waals surface area contributed by atoms with E-state index in [0.717, 1.165) is 22.5 Å². The largest absolute Gasteiger partial charge is 0.349 e. The zero-order chi connectivity index (χ0) is 17.8. The summed E-state index contributed by atoms with van der Waals surface area (Å²) >= 11 is 0.